The van der Waals surface area contributed by atoms with Crippen LogP contribution in [0, 0.1) is 10.1 Å². The van der Waals surface area contributed by atoms with E-state index < -0.39 is 4.92 Å². The number of hydrogen-bond acceptors (Lipinski definition) is 4. The maximum absolute atomic E-state index is 10.7. The molecule has 0 unspecified atom stereocenters. The maximum Gasteiger partial charge on any atom is 0.310 e. The molecule has 0 atom stereocenters. The Morgan fingerprint density at radius 1 is 1.53 bits per heavy atom. The lowest BCUT2D eigenvalue weighted by Gasteiger charge is -2.06. The van der Waals surface area contributed by atoms with Crippen LogP contribution in [0.4, 0.5) is 11.4 Å². The molecule has 0 aliphatic heterocycles. The van der Waals surface area contributed by atoms with Crippen LogP contribution in [-0.2, 0) is 0 Å². The lowest BCUT2D eigenvalue weighted by molar-refractivity contribution is -0.383. The Morgan fingerprint density at radius 2 is 2.27 bits per heavy atom. The summed E-state index contributed by atoms with van der Waals surface area (Å²) >= 11 is 5.71. The third-order valence-corrected chi connectivity index (χ3v) is 2.12. The first-order valence-corrected chi connectivity index (χ1v) is 4.82. The molecule has 0 aliphatic rings. The number of rotatable bonds is 5. The number of nitrogens with zero attached hydrogens (tertiary/aromatic N) is 1. The first kappa shape index (κ1) is 11.7. The zero-order valence-corrected chi connectivity index (χ0v) is 8.70. The minimum Gasteiger partial charge on any atom is -0.396 e. The first-order valence-electron chi connectivity index (χ1n) is 4.44. The third-order valence-electron chi connectivity index (χ3n) is 1.82. The Balaban J connectivity index is 2.86. The number of nitro benzene ring substituents is 1. The summed E-state index contributed by atoms with van der Waals surface area (Å²) in [6, 6.07) is 4.69. The van der Waals surface area contributed by atoms with Crippen LogP contribution in [0.3, 0.4) is 0 Å². The molecule has 0 amide bonds. The summed E-state index contributed by atoms with van der Waals surface area (Å²) in [5, 5.41) is 22.2. The largest absolute Gasteiger partial charge is 0.396 e. The molecule has 1 aromatic rings. The molecule has 0 spiro atoms. The van der Waals surface area contributed by atoms with Gasteiger partial charge in [0, 0.05) is 13.2 Å². The van der Waals surface area contributed by atoms with Crippen molar-refractivity contribution in [2.75, 3.05) is 18.5 Å². The number of aliphatic hydroxyl groups is 1. The zero-order chi connectivity index (χ0) is 11.3. The highest BCUT2D eigenvalue weighted by Crippen LogP contribution is 2.31. The molecule has 0 radical (unpaired) electrons. The van der Waals surface area contributed by atoms with Crippen molar-refractivity contribution in [2.45, 2.75) is 6.42 Å². The summed E-state index contributed by atoms with van der Waals surface area (Å²) in [5.41, 5.74) is 0.248. The van der Waals surface area contributed by atoms with Gasteiger partial charge >= 0.3 is 5.69 Å². The van der Waals surface area contributed by atoms with Gasteiger partial charge in [-0.3, -0.25) is 10.1 Å². The number of hydrogen-bond donors (Lipinski definition) is 2. The van der Waals surface area contributed by atoms with Crippen molar-refractivity contribution >= 4 is 23.0 Å². The van der Waals surface area contributed by atoms with Crippen LogP contribution in [0.5, 0.6) is 0 Å². The molecular weight excluding hydrogens is 220 g/mol. The quantitative estimate of drug-likeness (QED) is 0.461. The summed E-state index contributed by atoms with van der Waals surface area (Å²) in [7, 11) is 0. The normalized spacial score (nSPS) is 10.0. The number of halogens is 1. The molecule has 0 fully saturated rings. The van der Waals surface area contributed by atoms with Crippen LogP contribution in [-0.4, -0.2) is 23.2 Å². The van der Waals surface area contributed by atoms with Gasteiger partial charge in [0.2, 0.25) is 0 Å². The van der Waals surface area contributed by atoms with Crippen molar-refractivity contribution in [2.24, 2.45) is 0 Å². The van der Waals surface area contributed by atoms with Crippen molar-refractivity contribution in [3.63, 3.8) is 0 Å². The highest BCUT2D eigenvalue weighted by molar-refractivity contribution is 6.33. The molecule has 82 valence electrons. The molecule has 0 saturated carbocycles. The molecule has 2 N–H and O–H groups in total. The van der Waals surface area contributed by atoms with Gasteiger partial charge in [0.1, 0.15) is 10.7 Å². The van der Waals surface area contributed by atoms with E-state index in [4.69, 9.17) is 16.7 Å². The van der Waals surface area contributed by atoms with Crippen LogP contribution in [0.15, 0.2) is 18.2 Å². The van der Waals surface area contributed by atoms with Gasteiger partial charge in [0.05, 0.1) is 4.92 Å². The number of nitrogens with one attached hydrogen (secondary N) is 1. The molecule has 1 aromatic carbocycles. The maximum atomic E-state index is 10.7. The summed E-state index contributed by atoms with van der Waals surface area (Å²) in [5.74, 6) is 0. The topological polar surface area (TPSA) is 75.4 Å². The van der Waals surface area contributed by atoms with Gasteiger partial charge < -0.3 is 10.4 Å². The van der Waals surface area contributed by atoms with Crippen LogP contribution in [0.2, 0.25) is 5.02 Å². The highest BCUT2D eigenvalue weighted by atomic mass is 35.5. The fraction of sp³-hybridized carbons (Fsp3) is 0.333. The van der Waals surface area contributed by atoms with E-state index in [9.17, 15) is 10.1 Å². The molecule has 0 heterocycles. The SMILES string of the molecule is O=[N+]([O-])c1c(Cl)cccc1NCCCO. The fourth-order valence-corrected chi connectivity index (χ4v) is 1.39. The van der Waals surface area contributed by atoms with E-state index in [-0.39, 0.29) is 17.3 Å². The van der Waals surface area contributed by atoms with Gasteiger partial charge in [0.25, 0.3) is 0 Å². The molecule has 5 nitrogen and oxygen atoms in total. The predicted molar refractivity (Wildman–Crippen MR) is 58.3 cm³/mol. The average molecular weight is 231 g/mol. The van der Waals surface area contributed by atoms with E-state index in [1.165, 1.54) is 6.07 Å². The van der Waals surface area contributed by atoms with E-state index in [0.29, 0.717) is 18.7 Å². The van der Waals surface area contributed by atoms with Crippen LogP contribution in [0.25, 0.3) is 0 Å². The summed E-state index contributed by atoms with van der Waals surface area (Å²) in [6.45, 7) is 0.513. The second-order valence-corrected chi connectivity index (χ2v) is 3.30. The van der Waals surface area contributed by atoms with E-state index in [0.717, 1.165) is 0 Å². The van der Waals surface area contributed by atoms with Crippen molar-refractivity contribution < 1.29 is 10.0 Å². The first-order chi connectivity index (χ1) is 7.16. The standard InChI is InChI=1S/C9H11ClN2O3/c10-7-3-1-4-8(9(7)12(14)15)11-5-2-6-13/h1,3-4,11,13H,2,5-6H2. The molecule has 6 heteroatoms. The van der Waals surface area contributed by atoms with E-state index in [2.05, 4.69) is 5.32 Å². The number of aliphatic hydroxyl groups excluding tert-OH is 1. The minimum absolute atomic E-state index is 0.0430. The van der Waals surface area contributed by atoms with Crippen LogP contribution < -0.4 is 5.32 Å². The van der Waals surface area contributed by atoms with Crippen LogP contribution in [0.1, 0.15) is 6.42 Å². The number of anilines is 1. The van der Waals surface area contributed by atoms with Crippen molar-refractivity contribution in [3.05, 3.63) is 33.3 Å². The van der Waals surface area contributed by atoms with Gasteiger partial charge in [-0.2, -0.15) is 0 Å². The average Bonchev–Trinajstić information content (AvgIpc) is 2.17. The van der Waals surface area contributed by atoms with Gasteiger partial charge in [-0.1, -0.05) is 17.7 Å². The van der Waals surface area contributed by atoms with Gasteiger partial charge in [-0.15, -0.1) is 0 Å². The number of para-hydroxylation sites is 1. The Hall–Kier alpha value is -1.33. The summed E-state index contributed by atoms with van der Waals surface area (Å²) in [6.07, 6.45) is 0.531. The molecule has 0 aromatic heterocycles. The fourth-order valence-electron chi connectivity index (χ4n) is 1.15. The van der Waals surface area contributed by atoms with Crippen molar-refractivity contribution in [1.82, 2.24) is 0 Å². The minimum atomic E-state index is -0.524. The second-order valence-electron chi connectivity index (χ2n) is 2.90. The van der Waals surface area contributed by atoms with E-state index >= 15 is 0 Å². The van der Waals surface area contributed by atoms with E-state index in [1.54, 1.807) is 12.1 Å². The van der Waals surface area contributed by atoms with Gasteiger partial charge in [0.15, 0.2) is 0 Å². The molecule has 0 bridgehead atoms. The smallest absolute Gasteiger partial charge is 0.310 e. The Morgan fingerprint density at radius 3 is 2.87 bits per heavy atom. The summed E-state index contributed by atoms with van der Waals surface area (Å²) < 4.78 is 0. The lowest BCUT2D eigenvalue weighted by atomic mass is 10.2. The highest BCUT2D eigenvalue weighted by Gasteiger charge is 2.17. The van der Waals surface area contributed by atoms with Crippen LogP contribution >= 0.6 is 11.6 Å². The van der Waals surface area contributed by atoms with Gasteiger partial charge in [-0.25, -0.2) is 0 Å². The Kier molecular flexibility index (Phi) is 4.33. The zero-order valence-electron chi connectivity index (χ0n) is 7.94. The third kappa shape index (κ3) is 3.07. The molecule has 1 rings (SSSR count). The lowest BCUT2D eigenvalue weighted by Crippen LogP contribution is -2.05. The monoisotopic (exact) mass is 230 g/mol. The van der Waals surface area contributed by atoms with Crippen molar-refractivity contribution in [3.8, 4) is 0 Å². The number of nitro groups is 1. The Labute approximate surface area is 91.8 Å². The molecular formula is C9H11ClN2O3. The molecule has 0 aliphatic carbocycles. The summed E-state index contributed by atoms with van der Waals surface area (Å²) in [4.78, 5) is 10.2. The molecule has 15 heavy (non-hydrogen) atoms. The van der Waals surface area contributed by atoms with Crippen molar-refractivity contribution in [1.29, 1.82) is 0 Å². The number of benzene rings is 1. The second kappa shape index (κ2) is 5.53. The van der Waals surface area contributed by atoms with E-state index in [1.807, 2.05) is 0 Å². The van der Waals surface area contributed by atoms with Gasteiger partial charge in [-0.05, 0) is 18.6 Å². The molecule has 0 saturated heterocycles. The predicted octanol–water partition coefficient (Wildman–Crippen LogP) is 2.04. The Bertz CT molecular complexity index is 357.